The van der Waals surface area contributed by atoms with Crippen molar-refractivity contribution in [3.05, 3.63) is 0 Å². The Labute approximate surface area is 102 Å². The molecule has 1 aliphatic rings. The SMILES string of the molecule is CC[C@H]1CCCC[C@@H]1NC(=O)CSCC#N. The van der Waals surface area contributed by atoms with E-state index in [2.05, 4.69) is 12.2 Å². The van der Waals surface area contributed by atoms with Crippen LogP contribution in [-0.4, -0.2) is 23.5 Å². The maximum absolute atomic E-state index is 11.6. The number of nitriles is 1. The van der Waals surface area contributed by atoms with Gasteiger partial charge >= 0.3 is 0 Å². The van der Waals surface area contributed by atoms with Crippen LogP contribution in [0, 0.1) is 17.2 Å². The van der Waals surface area contributed by atoms with E-state index in [9.17, 15) is 4.79 Å². The van der Waals surface area contributed by atoms with Crippen molar-refractivity contribution in [3.63, 3.8) is 0 Å². The normalized spacial score (nSPS) is 24.8. The highest BCUT2D eigenvalue weighted by atomic mass is 32.2. The third-order valence-electron chi connectivity index (χ3n) is 3.18. The summed E-state index contributed by atoms with van der Waals surface area (Å²) in [7, 11) is 0. The molecule has 0 saturated heterocycles. The Kier molecular flexibility index (Phi) is 6.32. The lowest BCUT2D eigenvalue weighted by molar-refractivity contribution is -0.119. The van der Waals surface area contributed by atoms with Crippen molar-refractivity contribution in [1.82, 2.24) is 5.32 Å². The average molecular weight is 240 g/mol. The first kappa shape index (κ1) is 13.4. The highest BCUT2D eigenvalue weighted by molar-refractivity contribution is 8.00. The summed E-state index contributed by atoms with van der Waals surface area (Å²) in [4.78, 5) is 11.6. The van der Waals surface area contributed by atoms with Gasteiger partial charge < -0.3 is 5.32 Å². The van der Waals surface area contributed by atoms with Crippen molar-refractivity contribution in [3.8, 4) is 6.07 Å². The Morgan fingerprint density at radius 1 is 1.50 bits per heavy atom. The Morgan fingerprint density at radius 2 is 2.25 bits per heavy atom. The van der Waals surface area contributed by atoms with Gasteiger partial charge in [-0.25, -0.2) is 0 Å². The summed E-state index contributed by atoms with van der Waals surface area (Å²) < 4.78 is 0. The molecule has 4 heteroatoms. The summed E-state index contributed by atoms with van der Waals surface area (Å²) in [5, 5.41) is 11.5. The second kappa shape index (κ2) is 7.56. The first-order chi connectivity index (χ1) is 7.77. The maximum Gasteiger partial charge on any atom is 0.230 e. The summed E-state index contributed by atoms with van der Waals surface area (Å²) in [6.07, 6.45) is 6.04. The van der Waals surface area contributed by atoms with Gasteiger partial charge in [-0.1, -0.05) is 26.2 Å². The number of amides is 1. The van der Waals surface area contributed by atoms with Crippen LogP contribution in [0.5, 0.6) is 0 Å². The summed E-state index contributed by atoms with van der Waals surface area (Å²) in [6, 6.07) is 2.40. The molecule has 0 aromatic rings. The van der Waals surface area contributed by atoms with Crippen LogP contribution in [0.15, 0.2) is 0 Å². The molecular formula is C12H20N2OS. The Hall–Kier alpha value is -0.690. The van der Waals surface area contributed by atoms with Crippen molar-refractivity contribution in [2.45, 2.75) is 45.1 Å². The van der Waals surface area contributed by atoms with Gasteiger partial charge in [-0.05, 0) is 18.8 Å². The van der Waals surface area contributed by atoms with Crippen LogP contribution in [0.3, 0.4) is 0 Å². The van der Waals surface area contributed by atoms with Gasteiger partial charge in [0, 0.05) is 6.04 Å². The topological polar surface area (TPSA) is 52.9 Å². The molecule has 90 valence electrons. The lowest BCUT2D eigenvalue weighted by atomic mass is 9.83. The van der Waals surface area contributed by atoms with Gasteiger partial charge in [0.25, 0.3) is 0 Å². The van der Waals surface area contributed by atoms with E-state index in [1.165, 1.54) is 31.0 Å². The van der Waals surface area contributed by atoms with Crippen LogP contribution in [-0.2, 0) is 4.79 Å². The molecule has 0 bridgehead atoms. The second-order valence-corrected chi connectivity index (χ2v) is 5.26. The van der Waals surface area contributed by atoms with E-state index < -0.39 is 0 Å². The quantitative estimate of drug-likeness (QED) is 0.750. The number of carbonyl (C=O) groups is 1. The first-order valence-electron chi connectivity index (χ1n) is 6.02. The third kappa shape index (κ3) is 4.44. The molecule has 1 fully saturated rings. The fourth-order valence-corrected chi connectivity index (χ4v) is 2.79. The van der Waals surface area contributed by atoms with E-state index in [4.69, 9.17) is 5.26 Å². The molecular weight excluding hydrogens is 220 g/mol. The van der Waals surface area contributed by atoms with Gasteiger partial charge in [-0.2, -0.15) is 5.26 Å². The van der Waals surface area contributed by atoms with Crippen LogP contribution in [0.2, 0.25) is 0 Å². The lowest BCUT2D eigenvalue weighted by Crippen LogP contribution is -2.42. The zero-order valence-corrected chi connectivity index (χ0v) is 10.7. The molecule has 2 atom stereocenters. The predicted molar refractivity (Wildman–Crippen MR) is 67.1 cm³/mol. The van der Waals surface area contributed by atoms with E-state index >= 15 is 0 Å². The molecule has 0 aromatic carbocycles. The van der Waals surface area contributed by atoms with Gasteiger partial charge in [-0.3, -0.25) is 4.79 Å². The van der Waals surface area contributed by atoms with E-state index in [1.54, 1.807) is 0 Å². The van der Waals surface area contributed by atoms with Gasteiger partial charge in [0.15, 0.2) is 0 Å². The third-order valence-corrected chi connectivity index (χ3v) is 3.98. The van der Waals surface area contributed by atoms with Crippen LogP contribution in [0.4, 0.5) is 0 Å². The number of nitrogens with one attached hydrogen (secondary N) is 1. The minimum atomic E-state index is 0.0885. The molecule has 16 heavy (non-hydrogen) atoms. The zero-order valence-electron chi connectivity index (χ0n) is 9.87. The van der Waals surface area contributed by atoms with Crippen LogP contribution in [0.1, 0.15) is 39.0 Å². The second-order valence-electron chi connectivity index (χ2n) is 4.28. The first-order valence-corrected chi connectivity index (χ1v) is 7.17. The molecule has 0 heterocycles. The van der Waals surface area contributed by atoms with Crippen molar-refractivity contribution in [2.24, 2.45) is 5.92 Å². The molecule has 1 N–H and O–H groups in total. The Balaban J connectivity index is 2.28. The molecule has 1 amide bonds. The standard InChI is InChI=1S/C12H20N2OS/c1-2-10-5-3-4-6-11(10)14-12(15)9-16-8-7-13/h10-11H,2-6,8-9H2,1H3,(H,14,15)/t10-,11-/m0/s1. The monoisotopic (exact) mass is 240 g/mol. The largest absolute Gasteiger partial charge is 0.352 e. The summed E-state index contributed by atoms with van der Waals surface area (Å²) in [5.41, 5.74) is 0. The van der Waals surface area contributed by atoms with E-state index in [0.29, 0.717) is 23.5 Å². The minimum Gasteiger partial charge on any atom is -0.352 e. The average Bonchev–Trinajstić information content (AvgIpc) is 2.30. The number of rotatable bonds is 5. The van der Waals surface area contributed by atoms with E-state index in [1.807, 2.05) is 6.07 Å². The van der Waals surface area contributed by atoms with Crippen molar-refractivity contribution < 1.29 is 4.79 Å². The molecule has 3 nitrogen and oxygen atoms in total. The lowest BCUT2D eigenvalue weighted by Gasteiger charge is -2.31. The molecule has 0 unspecified atom stereocenters. The molecule has 1 rings (SSSR count). The molecule has 1 aliphatic carbocycles. The molecule has 0 aliphatic heterocycles. The summed E-state index contributed by atoms with van der Waals surface area (Å²) in [5.74, 6) is 1.56. The van der Waals surface area contributed by atoms with Gasteiger partial charge in [-0.15, -0.1) is 11.8 Å². The molecule has 0 spiro atoms. The number of hydrogen-bond acceptors (Lipinski definition) is 3. The Bertz CT molecular complexity index is 262. The maximum atomic E-state index is 11.6. The minimum absolute atomic E-state index is 0.0885. The number of hydrogen-bond donors (Lipinski definition) is 1. The fourth-order valence-electron chi connectivity index (χ4n) is 2.32. The van der Waals surface area contributed by atoms with Crippen molar-refractivity contribution in [2.75, 3.05) is 11.5 Å². The van der Waals surface area contributed by atoms with Crippen molar-refractivity contribution in [1.29, 1.82) is 5.26 Å². The number of thioether (sulfide) groups is 1. The highest BCUT2D eigenvalue weighted by Gasteiger charge is 2.24. The molecule has 1 saturated carbocycles. The van der Waals surface area contributed by atoms with Crippen LogP contribution in [0.25, 0.3) is 0 Å². The predicted octanol–water partition coefficient (Wildman–Crippen LogP) is 2.33. The fraction of sp³-hybridized carbons (Fsp3) is 0.833. The van der Waals surface area contributed by atoms with Gasteiger partial charge in [0.1, 0.15) is 0 Å². The summed E-state index contributed by atoms with van der Waals surface area (Å²) in [6.45, 7) is 2.19. The molecule has 0 aromatic heterocycles. The van der Waals surface area contributed by atoms with Gasteiger partial charge in [0.05, 0.1) is 17.6 Å². The Morgan fingerprint density at radius 3 is 2.94 bits per heavy atom. The van der Waals surface area contributed by atoms with Crippen LogP contribution < -0.4 is 5.32 Å². The molecule has 0 radical (unpaired) electrons. The van der Waals surface area contributed by atoms with Gasteiger partial charge in [0.2, 0.25) is 5.91 Å². The highest BCUT2D eigenvalue weighted by Crippen LogP contribution is 2.26. The smallest absolute Gasteiger partial charge is 0.230 e. The van der Waals surface area contributed by atoms with Crippen molar-refractivity contribution >= 4 is 17.7 Å². The van der Waals surface area contributed by atoms with E-state index in [0.717, 1.165) is 12.8 Å². The zero-order chi connectivity index (χ0) is 11.8. The number of nitrogens with zero attached hydrogens (tertiary/aromatic N) is 1. The van der Waals surface area contributed by atoms with Crippen LogP contribution >= 0.6 is 11.8 Å². The summed E-state index contributed by atoms with van der Waals surface area (Å²) >= 11 is 1.39. The number of carbonyl (C=O) groups excluding carboxylic acids is 1. The van der Waals surface area contributed by atoms with E-state index in [-0.39, 0.29) is 5.91 Å².